The van der Waals surface area contributed by atoms with E-state index in [9.17, 15) is 4.79 Å². The van der Waals surface area contributed by atoms with Crippen LogP contribution in [0, 0.1) is 0 Å². The number of aliphatic imine (C=N–C) groups is 2. The number of rotatable bonds is 3. The van der Waals surface area contributed by atoms with Crippen molar-refractivity contribution in [3.05, 3.63) is 40.9 Å². The number of guanidine groups is 1. The Labute approximate surface area is 164 Å². The second-order valence-electron chi connectivity index (χ2n) is 6.08. The SMILES string of the molecule is NC(=O)c1ccc(OC2=NC(c3cnc(N)s3)NC(N3CCOCC3)=N2)cc1. The topological polar surface area (TPSA) is 140 Å². The van der Waals surface area contributed by atoms with Gasteiger partial charge in [-0.3, -0.25) is 4.79 Å². The highest BCUT2D eigenvalue weighted by molar-refractivity contribution is 7.15. The number of hydrogen-bond donors (Lipinski definition) is 3. The Bertz CT molecular complexity index is 919. The van der Waals surface area contributed by atoms with E-state index in [-0.39, 0.29) is 6.02 Å². The number of anilines is 1. The number of benzene rings is 1. The van der Waals surface area contributed by atoms with Gasteiger partial charge in [0.25, 0.3) is 0 Å². The second kappa shape index (κ2) is 7.82. The van der Waals surface area contributed by atoms with Crippen molar-refractivity contribution in [2.24, 2.45) is 15.7 Å². The van der Waals surface area contributed by atoms with Crippen LogP contribution in [0.15, 0.2) is 40.4 Å². The molecule has 1 saturated heterocycles. The summed E-state index contributed by atoms with van der Waals surface area (Å²) in [6.45, 7) is 2.68. The van der Waals surface area contributed by atoms with Crippen LogP contribution in [-0.2, 0) is 4.74 Å². The first-order valence-corrected chi connectivity index (χ1v) is 9.45. The molecule has 2 aliphatic rings. The summed E-state index contributed by atoms with van der Waals surface area (Å²) in [4.78, 5) is 27.3. The third kappa shape index (κ3) is 4.05. The minimum absolute atomic E-state index is 0.198. The quantitative estimate of drug-likeness (QED) is 0.682. The van der Waals surface area contributed by atoms with E-state index in [0.29, 0.717) is 48.7 Å². The van der Waals surface area contributed by atoms with Gasteiger partial charge >= 0.3 is 6.02 Å². The van der Waals surface area contributed by atoms with Crippen molar-refractivity contribution >= 4 is 34.4 Å². The Hall–Kier alpha value is -3.18. The van der Waals surface area contributed by atoms with E-state index in [0.717, 1.165) is 4.88 Å². The zero-order valence-corrected chi connectivity index (χ0v) is 15.7. The molecule has 1 unspecified atom stereocenters. The number of nitrogens with one attached hydrogen (secondary N) is 1. The van der Waals surface area contributed by atoms with E-state index in [1.807, 2.05) is 0 Å². The average Bonchev–Trinajstić information content (AvgIpc) is 3.15. The first kappa shape index (κ1) is 18.2. The summed E-state index contributed by atoms with van der Waals surface area (Å²) >= 11 is 1.35. The van der Waals surface area contributed by atoms with Crippen LogP contribution in [0.5, 0.6) is 5.75 Å². The van der Waals surface area contributed by atoms with Gasteiger partial charge in [0.05, 0.1) is 18.1 Å². The fourth-order valence-corrected chi connectivity index (χ4v) is 3.43. The summed E-state index contributed by atoms with van der Waals surface area (Å²) in [6, 6.07) is 6.67. The maximum Gasteiger partial charge on any atom is 0.322 e. The van der Waals surface area contributed by atoms with Crippen LogP contribution in [0.4, 0.5) is 5.13 Å². The molecular formula is C17H19N7O3S. The summed E-state index contributed by atoms with van der Waals surface area (Å²) in [5, 5.41) is 3.76. The van der Waals surface area contributed by atoms with E-state index in [4.69, 9.17) is 20.9 Å². The van der Waals surface area contributed by atoms with Crippen molar-refractivity contribution in [2.75, 3.05) is 32.0 Å². The predicted octanol–water partition coefficient (Wildman–Crippen LogP) is 0.549. The molecule has 146 valence electrons. The number of primary amides is 1. The number of hydrogen-bond acceptors (Lipinski definition) is 10. The predicted molar refractivity (Wildman–Crippen MR) is 105 cm³/mol. The first-order valence-electron chi connectivity index (χ1n) is 8.63. The van der Waals surface area contributed by atoms with Crippen LogP contribution in [0.2, 0.25) is 0 Å². The van der Waals surface area contributed by atoms with Gasteiger partial charge in [-0.2, -0.15) is 4.99 Å². The van der Waals surface area contributed by atoms with Gasteiger partial charge in [-0.25, -0.2) is 9.98 Å². The summed E-state index contributed by atoms with van der Waals surface area (Å²) in [5.74, 6) is 0.651. The Kier molecular flexibility index (Phi) is 5.08. The largest absolute Gasteiger partial charge is 0.424 e. The fraction of sp³-hybridized carbons (Fsp3) is 0.294. The summed E-state index contributed by atoms with van der Waals surface area (Å²) in [5.41, 5.74) is 11.4. The Morgan fingerprint density at radius 1 is 1.29 bits per heavy atom. The molecule has 28 heavy (non-hydrogen) atoms. The molecule has 1 fully saturated rings. The third-order valence-corrected chi connectivity index (χ3v) is 5.06. The summed E-state index contributed by atoms with van der Waals surface area (Å²) in [7, 11) is 0. The standard InChI is InChI=1S/C17H19N7O3S/c18-13(25)10-1-3-11(4-2-10)27-17-22-14(12-9-20-15(19)28-12)21-16(23-17)24-5-7-26-8-6-24/h1-4,9,14H,5-8H2,(H2,18,25)(H2,19,20)(H,21,22,23). The zero-order chi connectivity index (χ0) is 19.5. The monoisotopic (exact) mass is 401 g/mol. The number of nitrogens with two attached hydrogens (primary N) is 2. The molecule has 4 rings (SSSR count). The average molecular weight is 401 g/mol. The van der Waals surface area contributed by atoms with Gasteiger partial charge in [0, 0.05) is 24.8 Å². The number of nitrogens with zero attached hydrogens (tertiary/aromatic N) is 4. The third-order valence-electron chi connectivity index (χ3n) is 4.18. The molecule has 1 atom stereocenters. The molecule has 1 amide bonds. The Morgan fingerprint density at radius 2 is 2.04 bits per heavy atom. The molecule has 2 aliphatic heterocycles. The highest BCUT2D eigenvalue weighted by Gasteiger charge is 2.26. The molecule has 11 heteroatoms. The molecule has 2 aromatic rings. The maximum atomic E-state index is 11.2. The molecule has 0 spiro atoms. The number of amidine groups is 1. The lowest BCUT2D eigenvalue weighted by molar-refractivity contribution is 0.0661. The number of carbonyl (C=O) groups excluding carboxylic acids is 1. The second-order valence-corrected chi connectivity index (χ2v) is 7.18. The van der Waals surface area contributed by atoms with Crippen molar-refractivity contribution in [1.82, 2.24) is 15.2 Å². The minimum atomic E-state index is -0.499. The van der Waals surface area contributed by atoms with E-state index in [2.05, 4.69) is 25.2 Å². The van der Waals surface area contributed by atoms with Crippen LogP contribution in [0.25, 0.3) is 0 Å². The van der Waals surface area contributed by atoms with Crippen molar-refractivity contribution in [3.8, 4) is 5.75 Å². The number of amides is 1. The number of carbonyl (C=O) groups is 1. The Balaban J connectivity index is 1.59. The van der Waals surface area contributed by atoms with E-state index >= 15 is 0 Å². The van der Waals surface area contributed by atoms with E-state index < -0.39 is 12.1 Å². The van der Waals surface area contributed by atoms with Gasteiger partial charge in [0.1, 0.15) is 5.75 Å². The van der Waals surface area contributed by atoms with Gasteiger partial charge < -0.3 is 31.2 Å². The van der Waals surface area contributed by atoms with Crippen molar-refractivity contribution < 1.29 is 14.3 Å². The lowest BCUT2D eigenvalue weighted by Crippen LogP contribution is -2.50. The summed E-state index contributed by atoms with van der Waals surface area (Å²) < 4.78 is 11.2. The van der Waals surface area contributed by atoms with Gasteiger partial charge in [-0.1, -0.05) is 11.3 Å². The number of ether oxygens (including phenoxy) is 2. The smallest absolute Gasteiger partial charge is 0.322 e. The number of aromatic nitrogens is 1. The number of nitrogen functional groups attached to an aromatic ring is 1. The van der Waals surface area contributed by atoms with Gasteiger partial charge in [-0.15, -0.1) is 0 Å². The van der Waals surface area contributed by atoms with E-state index in [1.165, 1.54) is 11.3 Å². The highest BCUT2D eigenvalue weighted by Crippen LogP contribution is 2.26. The lowest BCUT2D eigenvalue weighted by Gasteiger charge is -2.33. The van der Waals surface area contributed by atoms with E-state index in [1.54, 1.807) is 30.5 Å². The number of thiazole rings is 1. The van der Waals surface area contributed by atoms with Crippen LogP contribution in [-0.4, -0.2) is 54.1 Å². The first-order chi connectivity index (χ1) is 13.6. The van der Waals surface area contributed by atoms with Gasteiger partial charge in [0.15, 0.2) is 11.3 Å². The molecule has 0 aliphatic carbocycles. The summed E-state index contributed by atoms with van der Waals surface area (Å²) in [6.07, 6.45) is 1.27. The van der Waals surface area contributed by atoms with Gasteiger partial charge in [-0.05, 0) is 24.3 Å². The Morgan fingerprint density at radius 3 is 2.68 bits per heavy atom. The van der Waals surface area contributed by atoms with Crippen LogP contribution >= 0.6 is 11.3 Å². The molecule has 10 nitrogen and oxygen atoms in total. The van der Waals surface area contributed by atoms with Crippen molar-refractivity contribution in [1.29, 1.82) is 0 Å². The molecule has 3 heterocycles. The van der Waals surface area contributed by atoms with Gasteiger partial charge in [0.2, 0.25) is 11.9 Å². The van der Waals surface area contributed by atoms with Crippen LogP contribution in [0.1, 0.15) is 21.4 Å². The van der Waals surface area contributed by atoms with Crippen LogP contribution < -0.4 is 21.5 Å². The van der Waals surface area contributed by atoms with Crippen molar-refractivity contribution in [2.45, 2.75) is 6.17 Å². The highest BCUT2D eigenvalue weighted by atomic mass is 32.1. The molecule has 5 N–H and O–H groups in total. The van der Waals surface area contributed by atoms with Crippen molar-refractivity contribution in [3.63, 3.8) is 0 Å². The normalized spacial score (nSPS) is 19.4. The zero-order valence-electron chi connectivity index (χ0n) is 14.9. The molecule has 1 aromatic heterocycles. The molecular weight excluding hydrogens is 382 g/mol. The minimum Gasteiger partial charge on any atom is -0.424 e. The van der Waals surface area contributed by atoms with Crippen LogP contribution in [0.3, 0.4) is 0 Å². The molecule has 0 saturated carbocycles. The fourth-order valence-electron chi connectivity index (χ4n) is 2.76. The number of morpholine rings is 1. The molecule has 0 bridgehead atoms. The molecule has 1 aromatic carbocycles. The lowest BCUT2D eigenvalue weighted by atomic mass is 10.2. The maximum absolute atomic E-state index is 11.2. The molecule has 0 radical (unpaired) electrons.